The fourth-order valence-electron chi connectivity index (χ4n) is 1.28. The summed E-state index contributed by atoms with van der Waals surface area (Å²) in [5, 5.41) is 0. The Morgan fingerprint density at radius 1 is 1.23 bits per heavy atom. The molecular weight excluding hydrogens is 176 g/mol. The summed E-state index contributed by atoms with van der Waals surface area (Å²) >= 11 is 4.26. The highest BCUT2D eigenvalue weighted by Gasteiger charge is 1.99. The van der Waals surface area contributed by atoms with E-state index in [1.54, 1.807) is 0 Å². The van der Waals surface area contributed by atoms with E-state index in [9.17, 15) is 0 Å². The van der Waals surface area contributed by atoms with Gasteiger partial charge in [-0.3, -0.25) is 0 Å². The molecule has 0 aromatic heterocycles. The van der Waals surface area contributed by atoms with Crippen LogP contribution in [-0.2, 0) is 6.42 Å². The normalized spacial score (nSPS) is 12.8. The van der Waals surface area contributed by atoms with Crippen LogP contribution < -0.4 is 0 Å². The van der Waals surface area contributed by atoms with E-state index in [4.69, 9.17) is 0 Å². The molecule has 0 nitrogen and oxygen atoms in total. The molecule has 1 heteroatoms. The molecule has 1 rings (SSSR count). The van der Waals surface area contributed by atoms with E-state index < -0.39 is 0 Å². The second-order valence-corrected chi connectivity index (χ2v) is 4.23. The predicted molar refractivity (Wildman–Crippen MR) is 61.5 cm³/mol. The number of thiol groups is 1. The van der Waals surface area contributed by atoms with Gasteiger partial charge in [-0.1, -0.05) is 32.4 Å². The van der Waals surface area contributed by atoms with E-state index in [-0.39, 0.29) is 0 Å². The fraction of sp³-hybridized carbons (Fsp3) is 0.500. The van der Waals surface area contributed by atoms with Crippen molar-refractivity contribution in [3.05, 3.63) is 29.8 Å². The van der Waals surface area contributed by atoms with Crippen molar-refractivity contribution in [3.63, 3.8) is 0 Å². The van der Waals surface area contributed by atoms with Gasteiger partial charge in [-0.2, -0.15) is 0 Å². The molecule has 1 aromatic carbocycles. The van der Waals surface area contributed by atoms with Crippen LogP contribution in [0.3, 0.4) is 0 Å². The van der Waals surface area contributed by atoms with Crippen LogP contribution in [-0.4, -0.2) is 0 Å². The minimum atomic E-state index is 0.843. The Hall–Kier alpha value is -0.430. The zero-order chi connectivity index (χ0) is 9.68. The van der Waals surface area contributed by atoms with Crippen molar-refractivity contribution in [1.82, 2.24) is 0 Å². The second-order valence-electron chi connectivity index (χ2n) is 3.72. The Balaban J connectivity index is 2.41. The van der Waals surface area contributed by atoms with Gasteiger partial charge in [0.2, 0.25) is 0 Å². The molecule has 1 aromatic rings. The highest BCUT2D eigenvalue weighted by atomic mass is 32.1. The molecule has 0 N–H and O–H groups in total. The third kappa shape index (κ3) is 3.86. The lowest BCUT2D eigenvalue weighted by Crippen LogP contribution is -1.95. The van der Waals surface area contributed by atoms with Crippen molar-refractivity contribution in [2.24, 2.45) is 5.92 Å². The van der Waals surface area contributed by atoms with Gasteiger partial charge in [0.15, 0.2) is 0 Å². The molecule has 0 aliphatic rings. The molecule has 0 aliphatic carbocycles. The minimum Gasteiger partial charge on any atom is -0.143 e. The summed E-state index contributed by atoms with van der Waals surface area (Å²) in [5.74, 6) is 0.843. The first-order valence-electron chi connectivity index (χ1n) is 5.00. The van der Waals surface area contributed by atoms with Gasteiger partial charge in [0.1, 0.15) is 0 Å². The first-order chi connectivity index (χ1) is 6.22. The topological polar surface area (TPSA) is 0 Å². The van der Waals surface area contributed by atoms with Crippen molar-refractivity contribution < 1.29 is 0 Å². The Labute approximate surface area is 86.8 Å². The summed E-state index contributed by atoms with van der Waals surface area (Å²) < 4.78 is 0. The van der Waals surface area contributed by atoms with Crippen LogP contribution >= 0.6 is 12.6 Å². The molecule has 0 fully saturated rings. The SMILES string of the molecule is CCC(C)CCc1ccc(S)cc1. The zero-order valence-corrected chi connectivity index (χ0v) is 9.35. The average molecular weight is 194 g/mol. The van der Waals surface area contributed by atoms with Gasteiger partial charge in [-0.15, -0.1) is 12.6 Å². The molecule has 0 saturated heterocycles. The van der Waals surface area contributed by atoms with E-state index in [2.05, 4.69) is 50.7 Å². The molecule has 1 atom stereocenters. The van der Waals surface area contributed by atoms with E-state index >= 15 is 0 Å². The van der Waals surface area contributed by atoms with Crippen LogP contribution in [0.15, 0.2) is 29.2 Å². The van der Waals surface area contributed by atoms with Gasteiger partial charge in [-0.25, -0.2) is 0 Å². The third-order valence-electron chi connectivity index (χ3n) is 2.56. The second kappa shape index (κ2) is 5.33. The third-order valence-corrected chi connectivity index (χ3v) is 2.86. The Kier molecular flexibility index (Phi) is 4.37. The van der Waals surface area contributed by atoms with Crippen molar-refractivity contribution in [2.45, 2.75) is 38.0 Å². The monoisotopic (exact) mass is 194 g/mol. The van der Waals surface area contributed by atoms with E-state index in [1.807, 2.05) is 0 Å². The Morgan fingerprint density at radius 3 is 2.38 bits per heavy atom. The van der Waals surface area contributed by atoms with Gasteiger partial charge in [0.05, 0.1) is 0 Å². The highest BCUT2D eigenvalue weighted by Crippen LogP contribution is 2.14. The standard InChI is InChI=1S/C12H18S/c1-3-10(2)4-5-11-6-8-12(13)9-7-11/h6-10,13H,3-5H2,1-2H3. The fourth-order valence-corrected chi connectivity index (χ4v) is 1.43. The van der Waals surface area contributed by atoms with Crippen LogP contribution in [0, 0.1) is 5.92 Å². The average Bonchev–Trinajstić information content (AvgIpc) is 2.16. The number of hydrogen-bond donors (Lipinski definition) is 1. The number of aryl methyl sites for hydroxylation is 1. The van der Waals surface area contributed by atoms with E-state index in [0.29, 0.717) is 0 Å². The maximum absolute atomic E-state index is 4.26. The summed E-state index contributed by atoms with van der Waals surface area (Å²) in [5.41, 5.74) is 1.43. The van der Waals surface area contributed by atoms with Gasteiger partial charge >= 0.3 is 0 Å². The smallest absolute Gasteiger partial charge is 0.00401 e. The molecule has 72 valence electrons. The zero-order valence-electron chi connectivity index (χ0n) is 8.46. The lowest BCUT2D eigenvalue weighted by Gasteiger charge is -2.07. The lowest BCUT2D eigenvalue weighted by atomic mass is 9.99. The van der Waals surface area contributed by atoms with Gasteiger partial charge in [-0.05, 0) is 36.5 Å². The minimum absolute atomic E-state index is 0.843. The van der Waals surface area contributed by atoms with Gasteiger partial charge in [0.25, 0.3) is 0 Å². The first kappa shape index (κ1) is 10.6. The molecule has 1 unspecified atom stereocenters. The number of rotatable bonds is 4. The lowest BCUT2D eigenvalue weighted by molar-refractivity contribution is 0.516. The number of benzene rings is 1. The molecule has 0 spiro atoms. The van der Waals surface area contributed by atoms with Crippen LogP contribution in [0.4, 0.5) is 0 Å². The van der Waals surface area contributed by atoms with Crippen molar-refractivity contribution in [1.29, 1.82) is 0 Å². The molecule has 0 bridgehead atoms. The maximum Gasteiger partial charge on any atom is 0.00401 e. The molecule has 0 radical (unpaired) electrons. The van der Waals surface area contributed by atoms with Gasteiger partial charge in [0, 0.05) is 4.90 Å². The molecular formula is C12H18S. The number of hydrogen-bond acceptors (Lipinski definition) is 1. The van der Waals surface area contributed by atoms with Crippen molar-refractivity contribution in [3.8, 4) is 0 Å². The quantitative estimate of drug-likeness (QED) is 0.689. The van der Waals surface area contributed by atoms with Crippen LogP contribution in [0.2, 0.25) is 0 Å². The first-order valence-corrected chi connectivity index (χ1v) is 5.45. The maximum atomic E-state index is 4.26. The summed E-state index contributed by atoms with van der Waals surface area (Å²) in [6.45, 7) is 4.56. The van der Waals surface area contributed by atoms with E-state index in [1.165, 1.54) is 24.8 Å². The Bertz CT molecular complexity index is 238. The molecule has 0 heterocycles. The molecule has 0 saturated carbocycles. The molecule has 13 heavy (non-hydrogen) atoms. The van der Waals surface area contributed by atoms with Crippen LogP contribution in [0.5, 0.6) is 0 Å². The predicted octanol–water partition coefficient (Wildman–Crippen LogP) is 3.95. The highest BCUT2D eigenvalue weighted by molar-refractivity contribution is 7.80. The summed E-state index contributed by atoms with van der Waals surface area (Å²) in [4.78, 5) is 1.05. The molecule has 0 amide bonds. The van der Waals surface area contributed by atoms with Gasteiger partial charge < -0.3 is 0 Å². The largest absolute Gasteiger partial charge is 0.143 e. The summed E-state index contributed by atoms with van der Waals surface area (Å²) in [7, 11) is 0. The van der Waals surface area contributed by atoms with Crippen LogP contribution in [0.1, 0.15) is 32.3 Å². The Morgan fingerprint density at radius 2 is 1.85 bits per heavy atom. The molecule has 0 aliphatic heterocycles. The van der Waals surface area contributed by atoms with Crippen molar-refractivity contribution >= 4 is 12.6 Å². The van der Waals surface area contributed by atoms with Crippen molar-refractivity contribution in [2.75, 3.05) is 0 Å². The van der Waals surface area contributed by atoms with Crippen LogP contribution in [0.25, 0.3) is 0 Å². The van der Waals surface area contributed by atoms with E-state index in [0.717, 1.165) is 10.8 Å². The summed E-state index contributed by atoms with van der Waals surface area (Å²) in [6.07, 6.45) is 3.77. The summed E-state index contributed by atoms with van der Waals surface area (Å²) in [6, 6.07) is 8.47.